The third kappa shape index (κ3) is 9.05. The molecule has 84 heavy (non-hydrogen) atoms. The maximum absolute atomic E-state index is 6.71. The number of rotatable bonds is 12. The van der Waals surface area contributed by atoms with Crippen LogP contribution in [-0.4, -0.2) is 36.6 Å². The molecule has 0 unspecified atom stereocenters. The van der Waals surface area contributed by atoms with E-state index in [0.29, 0.717) is 26.7 Å². The van der Waals surface area contributed by atoms with Crippen LogP contribution in [0.3, 0.4) is 0 Å². The highest BCUT2D eigenvalue weighted by atomic mass is 16.5. The second-order valence-corrected chi connectivity index (χ2v) is 21.9. The molecule has 2 aromatic heterocycles. The van der Waals surface area contributed by atoms with E-state index in [9.17, 15) is 0 Å². The van der Waals surface area contributed by atoms with Crippen molar-refractivity contribution in [2.24, 2.45) is 0 Å². The number of fused-ring (bicyclic) bond motifs is 4. The summed E-state index contributed by atoms with van der Waals surface area (Å²) < 4.78 is 13.4. The van der Waals surface area contributed by atoms with E-state index >= 15 is 0 Å². The third-order valence-electron chi connectivity index (χ3n) is 16.7. The van der Waals surface area contributed by atoms with Crippen LogP contribution in [0.2, 0.25) is 0 Å². The van der Waals surface area contributed by atoms with Gasteiger partial charge in [0, 0.05) is 70.8 Å². The van der Waals surface area contributed by atoms with Gasteiger partial charge in [-0.3, -0.25) is 0 Å². The molecular weight excluding hydrogens is 1040 g/mol. The molecule has 12 nitrogen and oxygen atoms in total. The smallest absolute Gasteiger partial charge is 0.134 e. The number of aryl methyl sites for hydroxylation is 4. The molecule has 0 spiro atoms. The maximum Gasteiger partial charge on any atom is 0.134 e. The molecule has 0 radical (unpaired) electrons. The van der Waals surface area contributed by atoms with Crippen molar-refractivity contribution >= 4 is 91.3 Å². The zero-order valence-corrected chi connectivity index (χ0v) is 47.2. The summed E-state index contributed by atoms with van der Waals surface area (Å²) in [6, 6.07) is 81.0. The molecule has 0 N–H and O–H groups in total. The number of nitrogens with zero attached hydrogens (tertiary/aromatic N) is 10. The number of anilines is 16. The number of ether oxygens (including phenoxy) is 2. The standard InChI is InChI=1S/C72H60N10O2/c1-49-37-67-69(39-51(49)3)81(71-29-9-11-35-73-71)47-79(67)57-19-15-23-61(43-57)83-59-21-13-17-55(41-59)77-45-75(63-25-5-7-27-65(63)77)53-31-33-54(34-32-53)76-46-78(66-28-8-6-26-64(66)76)56-18-14-22-60(42-56)84-62-24-16-20-58(44-62)80-48-82(72-30-10-12-36-74-72)70-40-52(4)50(2)38-68(70)80/h5-44H,45-48H2,1-4H3. The topological polar surface area (TPSA) is 70.2 Å². The highest BCUT2D eigenvalue weighted by Gasteiger charge is 2.34. The lowest BCUT2D eigenvalue weighted by Gasteiger charge is -2.25. The molecule has 0 saturated heterocycles. The Morgan fingerprint density at radius 2 is 0.524 bits per heavy atom. The van der Waals surface area contributed by atoms with Crippen molar-refractivity contribution in [2.45, 2.75) is 27.7 Å². The highest BCUT2D eigenvalue weighted by Crippen LogP contribution is 2.51. The summed E-state index contributed by atoms with van der Waals surface area (Å²) >= 11 is 0. The first kappa shape index (κ1) is 50.3. The van der Waals surface area contributed by atoms with Crippen molar-refractivity contribution < 1.29 is 9.47 Å². The molecule has 4 aliphatic rings. The Balaban J connectivity index is 0.643. The Labute approximate surface area is 490 Å². The Morgan fingerprint density at radius 1 is 0.250 bits per heavy atom. The average Bonchev–Trinajstić information content (AvgIpc) is 4.44. The van der Waals surface area contributed by atoms with Crippen LogP contribution in [0.1, 0.15) is 22.3 Å². The van der Waals surface area contributed by atoms with Gasteiger partial charge in [0.2, 0.25) is 0 Å². The van der Waals surface area contributed by atoms with Crippen LogP contribution in [0.4, 0.5) is 91.3 Å². The normalized spacial score (nSPS) is 14.0. The van der Waals surface area contributed by atoms with Gasteiger partial charge in [-0.2, -0.15) is 0 Å². The second-order valence-electron chi connectivity index (χ2n) is 21.9. The van der Waals surface area contributed by atoms with E-state index in [0.717, 1.165) is 114 Å². The van der Waals surface area contributed by atoms with Gasteiger partial charge < -0.3 is 48.7 Å². The Morgan fingerprint density at radius 3 is 0.833 bits per heavy atom. The Hall–Kier alpha value is -10.7. The molecule has 0 saturated carbocycles. The molecule has 4 aliphatic heterocycles. The van der Waals surface area contributed by atoms with Crippen molar-refractivity contribution in [3.05, 3.63) is 265 Å². The van der Waals surface area contributed by atoms with E-state index in [1.54, 1.807) is 0 Å². The van der Waals surface area contributed by atoms with Crippen molar-refractivity contribution in [2.75, 3.05) is 65.9 Å². The van der Waals surface area contributed by atoms with E-state index in [1.807, 2.05) is 60.9 Å². The van der Waals surface area contributed by atoms with Gasteiger partial charge in [0.1, 0.15) is 61.3 Å². The van der Waals surface area contributed by atoms with Gasteiger partial charge in [-0.05, 0) is 196 Å². The molecule has 410 valence electrons. The van der Waals surface area contributed by atoms with Crippen molar-refractivity contribution in [1.29, 1.82) is 0 Å². The predicted octanol–water partition coefficient (Wildman–Crippen LogP) is 18.3. The number of pyridine rings is 2. The second kappa shape index (κ2) is 20.7. The summed E-state index contributed by atoms with van der Waals surface area (Å²) in [5.41, 5.74) is 20.5. The van der Waals surface area contributed by atoms with E-state index in [2.05, 4.69) is 249 Å². The predicted molar refractivity (Wildman–Crippen MR) is 342 cm³/mol. The van der Waals surface area contributed by atoms with Gasteiger partial charge >= 0.3 is 0 Å². The fraction of sp³-hybridized carbons (Fsp3) is 0.111. The number of aromatic nitrogens is 2. The molecule has 0 fully saturated rings. The van der Waals surface area contributed by atoms with Gasteiger partial charge in [-0.1, -0.05) is 60.7 Å². The summed E-state index contributed by atoms with van der Waals surface area (Å²) in [4.78, 5) is 28.1. The lowest BCUT2D eigenvalue weighted by molar-refractivity contribution is 0.482. The van der Waals surface area contributed by atoms with Gasteiger partial charge in [-0.15, -0.1) is 0 Å². The van der Waals surface area contributed by atoms with Gasteiger partial charge in [0.25, 0.3) is 0 Å². The van der Waals surface area contributed by atoms with Crippen molar-refractivity contribution in [1.82, 2.24) is 9.97 Å². The van der Waals surface area contributed by atoms with E-state index in [1.165, 1.54) is 22.3 Å². The largest absolute Gasteiger partial charge is 0.457 e. The summed E-state index contributed by atoms with van der Waals surface area (Å²) in [6.45, 7) is 11.2. The number of hydrogen-bond donors (Lipinski definition) is 0. The Kier molecular flexibility index (Phi) is 12.4. The van der Waals surface area contributed by atoms with E-state index < -0.39 is 0 Å². The molecule has 12 heteroatoms. The van der Waals surface area contributed by atoms with Crippen LogP contribution in [-0.2, 0) is 0 Å². The number of hydrogen-bond acceptors (Lipinski definition) is 12. The summed E-state index contributed by atoms with van der Waals surface area (Å²) in [6.07, 6.45) is 3.71. The van der Waals surface area contributed by atoms with Crippen LogP contribution in [0.15, 0.2) is 243 Å². The van der Waals surface area contributed by atoms with Crippen LogP contribution in [0, 0.1) is 27.7 Å². The molecule has 6 heterocycles. The molecule has 0 amide bonds. The molecule has 0 aliphatic carbocycles. The zero-order chi connectivity index (χ0) is 56.4. The summed E-state index contributed by atoms with van der Waals surface area (Å²) in [5.74, 6) is 4.90. The SMILES string of the molecule is Cc1cc2c(cc1C)N(c1ccccn1)CN2c1cccc(Oc2cccc(N3CN(c4ccc(N5CN(c6cccc(Oc7cccc(N8CN(c9ccccn9)c9cc(C)c(C)cc98)c7)c6)c6ccccc65)cc4)c4ccccc43)c2)c1. The van der Waals surface area contributed by atoms with Gasteiger partial charge in [0.15, 0.2) is 0 Å². The first-order valence-corrected chi connectivity index (χ1v) is 28.5. The van der Waals surface area contributed by atoms with Crippen LogP contribution in [0.5, 0.6) is 23.0 Å². The van der Waals surface area contributed by atoms with Crippen molar-refractivity contribution in [3.8, 4) is 23.0 Å². The molecule has 15 rings (SSSR count). The van der Waals surface area contributed by atoms with Crippen LogP contribution >= 0.6 is 0 Å². The fourth-order valence-corrected chi connectivity index (χ4v) is 12.1. The van der Waals surface area contributed by atoms with E-state index in [-0.39, 0.29) is 0 Å². The van der Waals surface area contributed by atoms with Crippen molar-refractivity contribution in [3.63, 3.8) is 0 Å². The fourth-order valence-electron chi connectivity index (χ4n) is 12.1. The quantitative estimate of drug-likeness (QED) is 0.117. The first-order valence-electron chi connectivity index (χ1n) is 28.5. The summed E-state index contributed by atoms with van der Waals surface area (Å²) in [5, 5.41) is 0. The van der Waals surface area contributed by atoms with Crippen LogP contribution < -0.4 is 48.7 Å². The minimum atomic E-state index is 0.636. The first-order chi connectivity index (χ1) is 41.2. The van der Waals surface area contributed by atoms with E-state index in [4.69, 9.17) is 19.4 Å². The number of para-hydroxylation sites is 4. The lowest BCUT2D eigenvalue weighted by Crippen LogP contribution is -2.25. The molecule has 0 bridgehead atoms. The molecule has 9 aromatic carbocycles. The summed E-state index contributed by atoms with van der Waals surface area (Å²) in [7, 11) is 0. The zero-order valence-electron chi connectivity index (χ0n) is 47.2. The number of benzene rings is 9. The minimum Gasteiger partial charge on any atom is -0.457 e. The molecular formula is C72H60N10O2. The molecule has 0 atom stereocenters. The Bertz CT molecular complexity index is 4020. The van der Waals surface area contributed by atoms with Gasteiger partial charge in [-0.25, -0.2) is 9.97 Å². The van der Waals surface area contributed by atoms with Crippen LogP contribution in [0.25, 0.3) is 0 Å². The molecule has 11 aromatic rings. The monoisotopic (exact) mass is 1100 g/mol. The van der Waals surface area contributed by atoms with Gasteiger partial charge in [0.05, 0.1) is 45.5 Å². The average molecular weight is 1100 g/mol. The highest BCUT2D eigenvalue weighted by molar-refractivity contribution is 5.92. The third-order valence-corrected chi connectivity index (χ3v) is 16.7. The lowest BCUT2D eigenvalue weighted by atomic mass is 10.1. The maximum atomic E-state index is 6.71. The minimum absolute atomic E-state index is 0.636.